The average Bonchev–Trinajstić information content (AvgIpc) is 2.63. The molecule has 3 aromatic rings. The molecule has 0 fully saturated rings. The Morgan fingerprint density at radius 3 is 2.12 bits per heavy atom. The Bertz CT molecular complexity index is 878. The van der Waals surface area contributed by atoms with Crippen LogP contribution in [0.25, 0.3) is 11.1 Å². The predicted octanol–water partition coefficient (Wildman–Crippen LogP) is 5.03. The standard InChI is InChI=1S/C22H20O3/c1-15-3-4-16(2)20(13-15)14-25-22(24)19-7-5-17(6-8-19)18-9-11-21(23)12-10-18/h3-13,23H,14H2,1-2H3. The molecule has 0 heterocycles. The van der Waals surface area contributed by atoms with Crippen LogP contribution in [0.2, 0.25) is 0 Å². The molecule has 3 nitrogen and oxygen atoms in total. The molecule has 0 spiro atoms. The fourth-order valence-electron chi connectivity index (χ4n) is 2.64. The zero-order valence-electron chi connectivity index (χ0n) is 14.3. The van der Waals surface area contributed by atoms with Crippen LogP contribution >= 0.6 is 0 Å². The van der Waals surface area contributed by atoms with Crippen molar-refractivity contribution in [2.45, 2.75) is 20.5 Å². The van der Waals surface area contributed by atoms with E-state index in [2.05, 4.69) is 0 Å². The van der Waals surface area contributed by atoms with Crippen molar-refractivity contribution < 1.29 is 14.6 Å². The summed E-state index contributed by atoms with van der Waals surface area (Å²) >= 11 is 0. The van der Waals surface area contributed by atoms with Crippen molar-refractivity contribution in [3.8, 4) is 16.9 Å². The van der Waals surface area contributed by atoms with E-state index in [4.69, 9.17) is 4.74 Å². The van der Waals surface area contributed by atoms with Gasteiger partial charge in [-0.15, -0.1) is 0 Å². The van der Waals surface area contributed by atoms with Gasteiger partial charge in [-0.05, 0) is 60.4 Å². The number of rotatable bonds is 4. The van der Waals surface area contributed by atoms with E-state index in [9.17, 15) is 9.90 Å². The third kappa shape index (κ3) is 4.07. The van der Waals surface area contributed by atoms with Crippen LogP contribution in [-0.4, -0.2) is 11.1 Å². The van der Waals surface area contributed by atoms with Gasteiger partial charge >= 0.3 is 5.97 Å². The van der Waals surface area contributed by atoms with Gasteiger partial charge in [0.2, 0.25) is 0 Å². The molecular weight excluding hydrogens is 312 g/mol. The lowest BCUT2D eigenvalue weighted by Gasteiger charge is -2.09. The maximum Gasteiger partial charge on any atom is 0.338 e. The van der Waals surface area contributed by atoms with Gasteiger partial charge in [-0.25, -0.2) is 4.79 Å². The van der Waals surface area contributed by atoms with Gasteiger partial charge in [-0.2, -0.15) is 0 Å². The number of hydrogen-bond acceptors (Lipinski definition) is 3. The number of phenols is 1. The number of phenolic OH excluding ortho intramolecular Hbond substituents is 1. The zero-order chi connectivity index (χ0) is 17.8. The zero-order valence-corrected chi connectivity index (χ0v) is 14.3. The molecular formula is C22H20O3. The van der Waals surface area contributed by atoms with Crippen LogP contribution in [-0.2, 0) is 11.3 Å². The summed E-state index contributed by atoms with van der Waals surface area (Å²) in [6.45, 7) is 4.30. The minimum atomic E-state index is -0.335. The molecule has 0 aliphatic heterocycles. The summed E-state index contributed by atoms with van der Waals surface area (Å²) in [6, 6.07) is 20.3. The van der Waals surface area contributed by atoms with Crippen molar-refractivity contribution in [2.75, 3.05) is 0 Å². The monoisotopic (exact) mass is 332 g/mol. The summed E-state index contributed by atoms with van der Waals surface area (Å²) in [5.41, 5.74) is 5.76. The quantitative estimate of drug-likeness (QED) is 0.681. The van der Waals surface area contributed by atoms with Crippen molar-refractivity contribution in [1.29, 1.82) is 0 Å². The van der Waals surface area contributed by atoms with Gasteiger partial charge < -0.3 is 9.84 Å². The molecule has 0 aromatic heterocycles. The van der Waals surface area contributed by atoms with Crippen molar-refractivity contribution in [3.05, 3.63) is 89.0 Å². The fraction of sp³-hybridized carbons (Fsp3) is 0.136. The van der Waals surface area contributed by atoms with Crippen LogP contribution in [0.5, 0.6) is 5.75 Å². The minimum absolute atomic E-state index is 0.232. The summed E-state index contributed by atoms with van der Waals surface area (Å²) in [5, 5.41) is 9.35. The topological polar surface area (TPSA) is 46.5 Å². The van der Waals surface area contributed by atoms with E-state index in [0.29, 0.717) is 5.56 Å². The van der Waals surface area contributed by atoms with Crippen LogP contribution in [0.4, 0.5) is 0 Å². The molecule has 0 aliphatic carbocycles. The highest BCUT2D eigenvalue weighted by Crippen LogP contribution is 2.22. The highest BCUT2D eigenvalue weighted by molar-refractivity contribution is 5.90. The molecule has 0 saturated carbocycles. The summed E-state index contributed by atoms with van der Waals surface area (Å²) < 4.78 is 5.44. The second-order valence-corrected chi connectivity index (χ2v) is 6.13. The average molecular weight is 332 g/mol. The van der Waals surface area contributed by atoms with E-state index in [1.165, 1.54) is 0 Å². The lowest BCUT2D eigenvalue weighted by Crippen LogP contribution is -2.06. The molecule has 126 valence electrons. The molecule has 0 atom stereocenters. The Balaban J connectivity index is 1.68. The van der Waals surface area contributed by atoms with Gasteiger partial charge in [0.15, 0.2) is 0 Å². The fourth-order valence-corrected chi connectivity index (χ4v) is 2.64. The molecule has 0 aliphatic rings. The third-order valence-corrected chi connectivity index (χ3v) is 4.18. The number of benzene rings is 3. The maximum absolute atomic E-state index is 12.3. The molecule has 0 bridgehead atoms. The van der Waals surface area contributed by atoms with Crippen molar-refractivity contribution in [3.63, 3.8) is 0 Å². The number of hydrogen-bond donors (Lipinski definition) is 1. The second kappa shape index (κ2) is 7.22. The minimum Gasteiger partial charge on any atom is -0.508 e. The Morgan fingerprint density at radius 1 is 0.880 bits per heavy atom. The van der Waals surface area contributed by atoms with Crippen molar-refractivity contribution in [2.24, 2.45) is 0 Å². The normalized spacial score (nSPS) is 10.5. The van der Waals surface area contributed by atoms with Crippen molar-refractivity contribution in [1.82, 2.24) is 0 Å². The van der Waals surface area contributed by atoms with E-state index < -0.39 is 0 Å². The number of aryl methyl sites for hydroxylation is 2. The lowest BCUT2D eigenvalue weighted by molar-refractivity contribution is 0.0472. The SMILES string of the molecule is Cc1ccc(C)c(COC(=O)c2ccc(-c3ccc(O)cc3)cc2)c1. The van der Waals surface area contributed by atoms with Crippen LogP contribution in [0, 0.1) is 13.8 Å². The lowest BCUT2D eigenvalue weighted by atomic mass is 10.0. The Labute approximate surface area is 147 Å². The van der Waals surface area contributed by atoms with Gasteiger partial charge in [0.1, 0.15) is 12.4 Å². The molecule has 3 aromatic carbocycles. The summed E-state index contributed by atoms with van der Waals surface area (Å²) in [6.07, 6.45) is 0. The molecule has 0 unspecified atom stereocenters. The third-order valence-electron chi connectivity index (χ3n) is 4.18. The van der Waals surface area contributed by atoms with E-state index in [1.54, 1.807) is 24.3 Å². The molecule has 25 heavy (non-hydrogen) atoms. The summed E-state index contributed by atoms with van der Waals surface area (Å²) in [7, 11) is 0. The Hall–Kier alpha value is -3.07. The predicted molar refractivity (Wildman–Crippen MR) is 98.6 cm³/mol. The van der Waals surface area contributed by atoms with E-state index in [-0.39, 0.29) is 18.3 Å². The van der Waals surface area contributed by atoms with Crippen LogP contribution in [0.3, 0.4) is 0 Å². The second-order valence-electron chi connectivity index (χ2n) is 6.13. The number of esters is 1. The van der Waals surface area contributed by atoms with Crippen LogP contribution in [0.15, 0.2) is 66.7 Å². The Morgan fingerprint density at radius 2 is 1.48 bits per heavy atom. The highest BCUT2D eigenvalue weighted by atomic mass is 16.5. The highest BCUT2D eigenvalue weighted by Gasteiger charge is 2.09. The smallest absolute Gasteiger partial charge is 0.338 e. The van der Waals surface area contributed by atoms with Gasteiger partial charge in [0, 0.05) is 0 Å². The van der Waals surface area contributed by atoms with Crippen molar-refractivity contribution >= 4 is 5.97 Å². The summed E-state index contributed by atoms with van der Waals surface area (Å²) in [5.74, 6) is -0.103. The van der Waals surface area contributed by atoms with Gasteiger partial charge in [0.25, 0.3) is 0 Å². The summed E-state index contributed by atoms with van der Waals surface area (Å²) in [4.78, 5) is 12.3. The first-order valence-electron chi connectivity index (χ1n) is 8.15. The van der Waals surface area contributed by atoms with Gasteiger partial charge in [-0.1, -0.05) is 48.0 Å². The largest absolute Gasteiger partial charge is 0.508 e. The molecule has 0 saturated heterocycles. The molecule has 0 amide bonds. The van der Waals surface area contributed by atoms with E-state index in [0.717, 1.165) is 27.8 Å². The van der Waals surface area contributed by atoms with E-state index in [1.807, 2.05) is 56.3 Å². The van der Waals surface area contributed by atoms with E-state index >= 15 is 0 Å². The van der Waals surface area contributed by atoms with Gasteiger partial charge in [0.05, 0.1) is 5.56 Å². The number of carbonyl (C=O) groups excluding carboxylic acids is 1. The molecule has 0 radical (unpaired) electrons. The molecule has 1 N–H and O–H groups in total. The first-order valence-corrected chi connectivity index (χ1v) is 8.15. The first-order chi connectivity index (χ1) is 12.0. The first kappa shape index (κ1) is 16.8. The molecule has 3 heteroatoms. The number of ether oxygens (including phenoxy) is 1. The van der Waals surface area contributed by atoms with Crippen LogP contribution in [0.1, 0.15) is 27.0 Å². The number of carbonyl (C=O) groups is 1. The molecule has 3 rings (SSSR count). The Kier molecular flexibility index (Phi) is 4.85. The van der Waals surface area contributed by atoms with Crippen LogP contribution < -0.4 is 0 Å². The van der Waals surface area contributed by atoms with Gasteiger partial charge in [-0.3, -0.25) is 0 Å². The maximum atomic E-state index is 12.3. The number of aromatic hydroxyl groups is 1.